The first-order chi connectivity index (χ1) is 12.5. The van der Waals surface area contributed by atoms with Gasteiger partial charge in [-0.25, -0.2) is 4.79 Å². The first kappa shape index (κ1) is 16.8. The number of hydrogen-bond acceptors (Lipinski definition) is 4. The molecule has 1 N–H and O–H groups in total. The van der Waals surface area contributed by atoms with Gasteiger partial charge in [0.1, 0.15) is 0 Å². The Balaban J connectivity index is 1.97. The van der Waals surface area contributed by atoms with Crippen LogP contribution >= 0.6 is 15.9 Å². The van der Waals surface area contributed by atoms with Gasteiger partial charge in [0.15, 0.2) is 5.78 Å². The summed E-state index contributed by atoms with van der Waals surface area (Å²) < 4.78 is 5.91. The second-order valence-electron chi connectivity index (χ2n) is 6.31. The van der Waals surface area contributed by atoms with Crippen LogP contribution in [-0.2, 0) is 9.53 Å². The molecule has 130 valence electrons. The van der Waals surface area contributed by atoms with Crippen LogP contribution in [0.25, 0.3) is 5.70 Å². The zero-order valence-electron chi connectivity index (χ0n) is 14.3. The number of benzene rings is 2. The van der Waals surface area contributed by atoms with E-state index >= 15 is 0 Å². The predicted octanol–water partition coefficient (Wildman–Crippen LogP) is 4.19. The Kier molecular flexibility index (Phi) is 4.04. The Morgan fingerprint density at radius 3 is 2.54 bits per heavy atom. The van der Waals surface area contributed by atoms with Gasteiger partial charge in [0.2, 0.25) is 0 Å². The molecule has 0 aromatic heterocycles. The van der Waals surface area contributed by atoms with Gasteiger partial charge in [-0.1, -0.05) is 52.3 Å². The molecule has 2 aliphatic rings. The van der Waals surface area contributed by atoms with Crippen LogP contribution in [0.4, 0.5) is 0 Å². The van der Waals surface area contributed by atoms with Crippen molar-refractivity contribution in [2.45, 2.75) is 12.8 Å². The molecule has 1 aliphatic heterocycles. The summed E-state index contributed by atoms with van der Waals surface area (Å²) in [6.07, 6.45) is 0. The number of Topliss-reactive ketones (excluding diaryl/α,β-unsaturated/α-hetero) is 1. The molecule has 1 heterocycles. The molecule has 1 atom stereocenters. The van der Waals surface area contributed by atoms with Gasteiger partial charge in [-0.3, -0.25) is 4.79 Å². The third-order valence-electron chi connectivity index (χ3n) is 4.84. The second kappa shape index (κ2) is 6.25. The van der Waals surface area contributed by atoms with Gasteiger partial charge in [0, 0.05) is 32.8 Å². The zero-order valence-corrected chi connectivity index (χ0v) is 15.9. The van der Waals surface area contributed by atoms with E-state index in [1.807, 2.05) is 55.5 Å². The van der Waals surface area contributed by atoms with Gasteiger partial charge in [-0.2, -0.15) is 0 Å². The van der Waals surface area contributed by atoms with Crippen LogP contribution in [0.5, 0.6) is 0 Å². The van der Waals surface area contributed by atoms with Gasteiger partial charge in [-0.05, 0) is 24.6 Å². The minimum Gasteiger partial charge on any atom is -0.466 e. The predicted molar refractivity (Wildman–Crippen MR) is 102 cm³/mol. The summed E-state index contributed by atoms with van der Waals surface area (Å²) in [5.41, 5.74) is 4.93. The number of ether oxygens (including phenoxy) is 1. The molecular formula is C21H16BrNO3. The third kappa shape index (κ3) is 2.42. The fourth-order valence-corrected chi connectivity index (χ4v) is 4.15. The molecule has 4 rings (SSSR count). The van der Waals surface area contributed by atoms with Gasteiger partial charge in [0.05, 0.1) is 18.4 Å². The maximum absolute atomic E-state index is 13.2. The molecule has 0 spiro atoms. The summed E-state index contributed by atoms with van der Waals surface area (Å²) in [5.74, 6) is -0.964. The highest BCUT2D eigenvalue weighted by Gasteiger charge is 2.42. The minimum atomic E-state index is -0.476. The highest BCUT2D eigenvalue weighted by molar-refractivity contribution is 9.10. The second-order valence-corrected chi connectivity index (χ2v) is 7.22. The number of allylic oxidation sites excluding steroid dienone is 2. The van der Waals surface area contributed by atoms with E-state index in [2.05, 4.69) is 21.2 Å². The fourth-order valence-electron chi connectivity index (χ4n) is 3.73. The van der Waals surface area contributed by atoms with Crippen molar-refractivity contribution in [3.8, 4) is 0 Å². The molecule has 2 aromatic carbocycles. The Morgan fingerprint density at radius 1 is 1.12 bits per heavy atom. The quantitative estimate of drug-likeness (QED) is 0.755. The van der Waals surface area contributed by atoms with E-state index in [1.165, 1.54) is 7.11 Å². The molecule has 4 nitrogen and oxygen atoms in total. The lowest BCUT2D eigenvalue weighted by molar-refractivity contribution is -0.136. The van der Waals surface area contributed by atoms with E-state index in [4.69, 9.17) is 4.74 Å². The monoisotopic (exact) mass is 409 g/mol. The largest absolute Gasteiger partial charge is 0.466 e. The van der Waals surface area contributed by atoms with Crippen LogP contribution in [0.3, 0.4) is 0 Å². The van der Waals surface area contributed by atoms with Crippen molar-refractivity contribution < 1.29 is 14.3 Å². The maximum Gasteiger partial charge on any atom is 0.336 e. The number of methoxy groups -OCH3 is 1. The van der Waals surface area contributed by atoms with Gasteiger partial charge in [0.25, 0.3) is 0 Å². The molecule has 0 unspecified atom stereocenters. The summed E-state index contributed by atoms with van der Waals surface area (Å²) in [7, 11) is 1.36. The van der Waals surface area contributed by atoms with Crippen LogP contribution in [0.15, 0.2) is 69.8 Å². The molecule has 0 saturated heterocycles. The summed E-state index contributed by atoms with van der Waals surface area (Å²) in [6, 6.07) is 15.2. The summed E-state index contributed by atoms with van der Waals surface area (Å²) in [6.45, 7) is 1.84. The Bertz CT molecular complexity index is 1020. The average Bonchev–Trinajstić information content (AvgIpc) is 2.92. The van der Waals surface area contributed by atoms with E-state index in [1.54, 1.807) is 0 Å². The van der Waals surface area contributed by atoms with Crippen molar-refractivity contribution in [3.05, 3.63) is 86.5 Å². The Labute approximate surface area is 159 Å². The number of rotatable bonds is 2. The van der Waals surface area contributed by atoms with Crippen LogP contribution in [-0.4, -0.2) is 18.9 Å². The van der Waals surface area contributed by atoms with E-state index in [-0.39, 0.29) is 5.78 Å². The zero-order chi connectivity index (χ0) is 18.4. The number of hydrogen-bond donors (Lipinski definition) is 1. The number of carbonyl (C=O) groups excluding carboxylic acids is 2. The lowest BCUT2D eigenvalue weighted by Gasteiger charge is -2.29. The number of dihydropyridines is 1. The van der Waals surface area contributed by atoms with Crippen molar-refractivity contribution in [1.29, 1.82) is 0 Å². The maximum atomic E-state index is 13.2. The summed E-state index contributed by atoms with van der Waals surface area (Å²) in [5, 5.41) is 3.27. The highest BCUT2D eigenvalue weighted by Crippen LogP contribution is 2.46. The molecule has 26 heavy (non-hydrogen) atoms. The number of nitrogens with one attached hydrogen (secondary N) is 1. The number of fused-ring (bicyclic) bond motifs is 2. The molecule has 5 heteroatoms. The van der Waals surface area contributed by atoms with Crippen LogP contribution < -0.4 is 5.32 Å². The normalized spacial score (nSPS) is 18.4. The van der Waals surface area contributed by atoms with E-state index < -0.39 is 11.9 Å². The molecule has 0 amide bonds. The van der Waals surface area contributed by atoms with Crippen molar-refractivity contribution in [1.82, 2.24) is 5.32 Å². The van der Waals surface area contributed by atoms with Crippen LogP contribution in [0.1, 0.15) is 34.3 Å². The standard InChI is InChI=1S/C21H16BrNO3/c1-11-16(21(25)26-2)17(12-6-5-7-13(22)10-12)18-19(23-11)14-8-3-4-9-15(14)20(18)24/h3-10,17,23H,1-2H3/t17-/m0/s1. The lowest BCUT2D eigenvalue weighted by atomic mass is 9.80. The molecule has 0 bridgehead atoms. The molecule has 0 saturated carbocycles. The summed E-state index contributed by atoms with van der Waals surface area (Å²) in [4.78, 5) is 25.7. The Morgan fingerprint density at radius 2 is 1.85 bits per heavy atom. The number of carbonyl (C=O) groups is 2. The van der Waals surface area contributed by atoms with Crippen LogP contribution in [0.2, 0.25) is 0 Å². The first-order valence-electron chi connectivity index (χ1n) is 8.22. The first-order valence-corrected chi connectivity index (χ1v) is 9.02. The van der Waals surface area contributed by atoms with E-state index in [9.17, 15) is 9.59 Å². The van der Waals surface area contributed by atoms with Crippen molar-refractivity contribution in [2.75, 3.05) is 7.11 Å². The van der Waals surface area contributed by atoms with Gasteiger partial charge in [-0.15, -0.1) is 0 Å². The number of esters is 1. The van der Waals surface area contributed by atoms with Crippen molar-refractivity contribution in [3.63, 3.8) is 0 Å². The molecule has 2 aromatic rings. The average molecular weight is 410 g/mol. The summed E-state index contributed by atoms with van der Waals surface area (Å²) >= 11 is 3.49. The number of ketones is 1. The fraction of sp³-hybridized carbons (Fsp3) is 0.143. The number of halogens is 1. The van der Waals surface area contributed by atoms with E-state index in [0.717, 1.165) is 21.3 Å². The Hall–Kier alpha value is -2.66. The van der Waals surface area contributed by atoms with Crippen LogP contribution in [0, 0.1) is 0 Å². The smallest absolute Gasteiger partial charge is 0.336 e. The molecule has 0 fully saturated rings. The topological polar surface area (TPSA) is 55.4 Å². The molecule has 1 aliphatic carbocycles. The SMILES string of the molecule is COC(=O)C1=C(C)NC2=C(C(=O)c3ccccc32)[C@H]1c1cccc(Br)c1. The van der Waals surface area contributed by atoms with E-state index in [0.29, 0.717) is 22.4 Å². The van der Waals surface area contributed by atoms with Crippen molar-refractivity contribution >= 4 is 33.4 Å². The lowest BCUT2D eigenvalue weighted by Crippen LogP contribution is -2.29. The van der Waals surface area contributed by atoms with Gasteiger partial charge < -0.3 is 10.1 Å². The van der Waals surface area contributed by atoms with Gasteiger partial charge >= 0.3 is 5.97 Å². The third-order valence-corrected chi connectivity index (χ3v) is 5.33. The molecular weight excluding hydrogens is 394 g/mol. The molecule has 0 radical (unpaired) electrons. The minimum absolute atomic E-state index is 0.0537. The highest BCUT2D eigenvalue weighted by atomic mass is 79.9. The van der Waals surface area contributed by atoms with Crippen molar-refractivity contribution in [2.24, 2.45) is 0 Å².